The number of carbonyl (C=O) groups is 1. The van der Waals surface area contributed by atoms with E-state index in [4.69, 9.17) is 23.7 Å². The fourth-order valence-electron chi connectivity index (χ4n) is 14.0. The van der Waals surface area contributed by atoms with Gasteiger partial charge in [-0.2, -0.15) is 0 Å². The number of hydrogen-bond acceptors (Lipinski definition) is 9. The van der Waals surface area contributed by atoms with E-state index in [1.807, 2.05) is 0 Å². The number of fused-ring (bicyclic) bond motifs is 4. The molecule has 0 bridgehead atoms. The molecule has 5 aliphatic carbocycles. The third-order valence-corrected chi connectivity index (χ3v) is 16.1. The number of nitrogens with zero attached hydrogens (tertiary/aromatic N) is 1. The van der Waals surface area contributed by atoms with E-state index in [0.29, 0.717) is 30.3 Å². The summed E-state index contributed by atoms with van der Waals surface area (Å²) < 4.78 is 30.9. The summed E-state index contributed by atoms with van der Waals surface area (Å²) in [4.78, 5) is 14.5. The molecule has 0 aromatic heterocycles. The predicted molar refractivity (Wildman–Crippen MR) is 181 cm³/mol. The molecule has 9 heteroatoms. The smallest absolute Gasteiger partial charge is 0.303 e. The molecule has 274 valence electrons. The first kappa shape index (κ1) is 35.6. The zero-order valence-electron chi connectivity index (χ0n) is 31.3. The molecule has 0 aromatic rings. The number of hydrogen-bond donors (Lipinski definition) is 2. The molecule has 2 aliphatic heterocycles. The predicted octanol–water partition coefficient (Wildman–Crippen LogP) is 5.19. The number of aliphatic hydroxyl groups excluding tert-OH is 1. The van der Waals surface area contributed by atoms with Crippen LogP contribution in [0, 0.1) is 50.7 Å². The molecule has 0 radical (unpaired) electrons. The van der Waals surface area contributed by atoms with E-state index in [0.717, 1.165) is 45.5 Å². The summed E-state index contributed by atoms with van der Waals surface area (Å²) in [5, 5.41) is 23.6. The van der Waals surface area contributed by atoms with Gasteiger partial charge in [-0.15, -0.1) is 0 Å². The van der Waals surface area contributed by atoms with Gasteiger partial charge in [-0.25, -0.2) is 0 Å². The zero-order chi connectivity index (χ0) is 34.7. The number of ether oxygens (including phenoxy) is 5. The summed E-state index contributed by atoms with van der Waals surface area (Å²) in [6, 6.07) is 0. The Kier molecular flexibility index (Phi) is 8.79. The van der Waals surface area contributed by atoms with Gasteiger partial charge in [0, 0.05) is 39.1 Å². The van der Waals surface area contributed by atoms with Crippen LogP contribution in [0.15, 0.2) is 0 Å². The molecule has 5 saturated carbocycles. The van der Waals surface area contributed by atoms with Crippen molar-refractivity contribution >= 4 is 5.97 Å². The second-order valence-electron chi connectivity index (χ2n) is 19.0. The van der Waals surface area contributed by atoms with Gasteiger partial charge in [0.15, 0.2) is 12.4 Å². The lowest BCUT2D eigenvalue weighted by Crippen LogP contribution is -2.60. The summed E-state index contributed by atoms with van der Waals surface area (Å²) in [5.41, 5.74) is -0.966. The average Bonchev–Trinajstić information content (AvgIpc) is 3.64. The maximum absolute atomic E-state index is 12.6. The minimum Gasteiger partial charge on any atom is -0.457 e. The standard InChI is InChI=1S/C39H65NO8/c1-23-20-25(33(35(5,6)43)46-24(2)41)47-31-30(23)36(7)14-15-39-22-38(39)13-12-28(48-29-21-40(16-18-44-9)17-19-45-29)34(3,4)26(38)10-11-27(39)37(36,8)32(31)42/h23,25-33,42-43H,10-22H2,1-9H3/t23-,25-,26+,27+,28+,29+,30?,31+,32+,33+,36-,37-,38-,39+/m1/s1. The normalized spacial score (nSPS) is 50.3. The van der Waals surface area contributed by atoms with Crippen molar-refractivity contribution in [2.24, 2.45) is 50.7 Å². The number of esters is 1. The van der Waals surface area contributed by atoms with Gasteiger partial charge in [-0.05, 0) is 111 Å². The Morgan fingerprint density at radius 3 is 2.46 bits per heavy atom. The van der Waals surface area contributed by atoms with Crippen LogP contribution in [0.5, 0.6) is 0 Å². The Morgan fingerprint density at radius 2 is 1.77 bits per heavy atom. The van der Waals surface area contributed by atoms with Crippen LogP contribution >= 0.6 is 0 Å². The third kappa shape index (κ3) is 4.97. The summed E-state index contributed by atoms with van der Waals surface area (Å²) in [6.45, 7) is 20.9. The van der Waals surface area contributed by atoms with Crippen LogP contribution in [-0.2, 0) is 28.5 Å². The first-order valence-corrected chi connectivity index (χ1v) is 19.2. The van der Waals surface area contributed by atoms with Crippen molar-refractivity contribution in [1.29, 1.82) is 0 Å². The summed E-state index contributed by atoms with van der Waals surface area (Å²) in [6.07, 6.45) is 6.68. The Labute approximate surface area is 289 Å². The molecule has 2 saturated heterocycles. The van der Waals surface area contributed by atoms with Crippen LogP contribution in [0.3, 0.4) is 0 Å². The lowest BCUT2D eigenvalue weighted by molar-refractivity contribution is -0.249. The van der Waals surface area contributed by atoms with Crippen molar-refractivity contribution in [3.63, 3.8) is 0 Å². The highest BCUT2D eigenvalue weighted by atomic mass is 16.7. The van der Waals surface area contributed by atoms with Crippen molar-refractivity contribution in [1.82, 2.24) is 4.90 Å². The molecule has 14 atom stereocenters. The van der Waals surface area contributed by atoms with Gasteiger partial charge < -0.3 is 33.9 Å². The largest absolute Gasteiger partial charge is 0.457 e. The highest BCUT2D eigenvalue weighted by Crippen LogP contribution is 2.89. The second-order valence-corrected chi connectivity index (χ2v) is 19.0. The molecule has 9 nitrogen and oxygen atoms in total. The van der Waals surface area contributed by atoms with Crippen molar-refractivity contribution in [3.8, 4) is 0 Å². The number of aliphatic hydroxyl groups is 2. The highest BCUT2D eigenvalue weighted by Gasteiger charge is 2.84. The highest BCUT2D eigenvalue weighted by molar-refractivity contribution is 5.66. The maximum atomic E-state index is 12.6. The van der Waals surface area contributed by atoms with E-state index in [-0.39, 0.29) is 52.0 Å². The molecule has 7 rings (SSSR count). The van der Waals surface area contributed by atoms with Crippen molar-refractivity contribution in [2.75, 3.05) is 40.0 Å². The molecule has 0 amide bonds. The van der Waals surface area contributed by atoms with E-state index in [9.17, 15) is 15.0 Å². The zero-order valence-corrected chi connectivity index (χ0v) is 31.3. The van der Waals surface area contributed by atoms with E-state index < -0.39 is 29.9 Å². The van der Waals surface area contributed by atoms with Gasteiger partial charge in [-0.3, -0.25) is 9.69 Å². The van der Waals surface area contributed by atoms with Gasteiger partial charge in [-0.1, -0.05) is 34.6 Å². The molecule has 2 N–H and O–H groups in total. The summed E-state index contributed by atoms with van der Waals surface area (Å²) in [7, 11) is 1.76. The van der Waals surface area contributed by atoms with Crippen LogP contribution in [0.1, 0.15) is 107 Å². The van der Waals surface area contributed by atoms with E-state index in [1.54, 1.807) is 21.0 Å². The van der Waals surface area contributed by atoms with Gasteiger partial charge in [0.05, 0.1) is 43.2 Å². The average molecular weight is 676 g/mol. The molecular formula is C39H65NO8. The molecule has 0 aromatic carbocycles. The Bertz CT molecular complexity index is 1240. The summed E-state index contributed by atoms with van der Waals surface area (Å²) in [5.74, 6) is 1.11. The lowest BCUT2D eigenvalue weighted by Gasteiger charge is -2.64. The molecule has 2 spiro atoms. The number of morpholine rings is 1. The van der Waals surface area contributed by atoms with Crippen molar-refractivity contribution in [3.05, 3.63) is 0 Å². The maximum Gasteiger partial charge on any atom is 0.303 e. The Hall–Kier alpha value is -0.810. The molecule has 7 fully saturated rings. The minimum atomic E-state index is -1.25. The molecule has 1 unspecified atom stereocenters. The monoisotopic (exact) mass is 675 g/mol. The number of methoxy groups -OCH3 is 1. The van der Waals surface area contributed by atoms with Gasteiger partial charge >= 0.3 is 5.97 Å². The molecule has 2 heterocycles. The Balaban J connectivity index is 1.11. The van der Waals surface area contributed by atoms with Gasteiger partial charge in [0.2, 0.25) is 0 Å². The van der Waals surface area contributed by atoms with Gasteiger partial charge in [0.1, 0.15) is 0 Å². The molecule has 7 aliphatic rings. The summed E-state index contributed by atoms with van der Waals surface area (Å²) >= 11 is 0. The van der Waals surface area contributed by atoms with Crippen LogP contribution in [0.25, 0.3) is 0 Å². The van der Waals surface area contributed by atoms with E-state index in [1.165, 1.54) is 32.6 Å². The minimum absolute atomic E-state index is 0.0441. The van der Waals surface area contributed by atoms with Crippen LogP contribution in [0.2, 0.25) is 0 Å². The van der Waals surface area contributed by atoms with E-state index in [2.05, 4.69) is 39.5 Å². The second kappa shape index (κ2) is 11.9. The number of rotatable bonds is 8. The molecular weight excluding hydrogens is 610 g/mol. The SMILES string of the molecule is COCCN1CCO[C@@H](O[C@H]2CC[C@]34C[C@]35CC[C@]3(C)C6[C@H](C)C[C@H]([C@H](OC(C)=O)C(C)(C)O)O[C@@H]6[C@H](O)[C@@]3(C)[C@@H]5CC[C@H]4C2(C)C)C1. The van der Waals surface area contributed by atoms with E-state index >= 15 is 0 Å². The Morgan fingerprint density at radius 1 is 1.06 bits per heavy atom. The first-order valence-electron chi connectivity index (χ1n) is 19.2. The van der Waals surface area contributed by atoms with Crippen LogP contribution < -0.4 is 0 Å². The third-order valence-electron chi connectivity index (χ3n) is 16.1. The number of carbonyl (C=O) groups excluding carboxylic acids is 1. The van der Waals surface area contributed by atoms with Crippen LogP contribution in [0.4, 0.5) is 0 Å². The molecule has 48 heavy (non-hydrogen) atoms. The van der Waals surface area contributed by atoms with Crippen molar-refractivity contribution < 1.29 is 38.7 Å². The fourth-order valence-corrected chi connectivity index (χ4v) is 14.0. The fraction of sp³-hybridized carbons (Fsp3) is 0.974. The quantitative estimate of drug-likeness (QED) is 0.336. The van der Waals surface area contributed by atoms with Gasteiger partial charge in [0.25, 0.3) is 0 Å². The van der Waals surface area contributed by atoms with Crippen molar-refractivity contribution in [2.45, 2.75) is 149 Å². The lowest BCUT2D eigenvalue weighted by atomic mass is 9.41. The van der Waals surface area contributed by atoms with Crippen LogP contribution in [-0.4, -0.2) is 103 Å². The first-order chi connectivity index (χ1) is 22.5. The topological polar surface area (TPSA) is 107 Å².